The van der Waals surface area contributed by atoms with Gasteiger partial charge in [-0.05, 0) is 23.5 Å². The number of aliphatic hydroxyl groups is 1. The van der Waals surface area contributed by atoms with E-state index in [9.17, 15) is 18.3 Å². The predicted molar refractivity (Wildman–Crippen MR) is 64.0 cm³/mol. The summed E-state index contributed by atoms with van der Waals surface area (Å²) in [5.41, 5.74) is -2.83. The molecule has 1 nitrogen and oxygen atoms in total. The van der Waals surface area contributed by atoms with Crippen LogP contribution in [0.15, 0.2) is 30.3 Å². The second kappa shape index (κ2) is 5.78. The summed E-state index contributed by atoms with van der Waals surface area (Å²) >= 11 is 1.39. The Hall–Kier alpha value is -0.680. The van der Waals surface area contributed by atoms with E-state index < -0.39 is 11.8 Å². The van der Waals surface area contributed by atoms with Crippen molar-refractivity contribution in [3.63, 3.8) is 0 Å². The van der Waals surface area contributed by atoms with Crippen LogP contribution in [0.5, 0.6) is 0 Å². The Balaban J connectivity index is 2.95. The van der Waals surface area contributed by atoms with Crippen molar-refractivity contribution in [1.82, 2.24) is 0 Å². The molecule has 1 aromatic carbocycles. The van der Waals surface area contributed by atoms with E-state index in [0.29, 0.717) is 0 Å². The molecule has 0 amide bonds. The number of benzene rings is 1. The highest BCUT2D eigenvalue weighted by Gasteiger charge is 2.54. The lowest BCUT2D eigenvalue weighted by molar-refractivity contribution is -0.267. The molecule has 5 heteroatoms. The van der Waals surface area contributed by atoms with Crippen LogP contribution in [0.25, 0.3) is 0 Å². The van der Waals surface area contributed by atoms with Gasteiger partial charge in [0, 0.05) is 0 Å². The molecule has 0 aromatic heterocycles. The van der Waals surface area contributed by atoms with E-state index >= 15 is 0 Å². The quantitative estimate of drug-likeness (QED) is 0.820. The predicted octanol–water partition coefficient (Wildman–Crippen LogP) is 3.58. The van der Waals surface area contributed by atoms with Crippen LogP contribution in [0.4, 0.5) is 13.2 Å². The Morgan fingerprint density at radius 1 is 1.18 bits per heavy atom. The Bertz CT molecular complexity index is 339. The maximum Gasteiger partial charge on any atom is 0.421 e. The van der Waals surface area contributed by atoms with E-state index in [1.807, 2.05) is 6.92 Å². The zero-order chi connectivity index (χ0) is 12.9. The zero-order valence-electron chi connectivity index (χ0n) is 9.50. The van der Waals surface area contributed by atoms with E-state index in [1.54, 1.807) is 6.07 Å². The minimum atomic E-state index is -4.65. The largest absolute Gasteiger partial charge is 0.421 e. The van der Waals surface area contributed by atoms with Gasteiger partial charge in [0.15, 0.2) is 5.60 Å². The van der Waals surface area contributed by atoms with Crippen molar-refractivity contribution in [2.45, 2.75) is 25.1 Å². The number of hydrogen-bond donors (Lipinski definition) is 1. The molecule has 1 rings (SSSR count). The van der Waals surface area contributed by atoms with E-state index in [2.05, 4.69) is 0 Å². The van der Waals surface area contributed by atoms with Crippen molar-refractivity contribution in [3.8, 4) is 0 Å². The summed E-state index contributed by atoms with van der Waals surface area (Å²) in [7, 11) is 0. The molecule has 17 heavy (non-hydrogen) atoms. The normalized spacial score (nSPS) is 15.6. The highest BCUT2D eigenvalue weighted by molar-refractivity contribution is 7.99. The molecular formula is C12H15F3OS. The Kier molecular flexibility index (Phi) is 4.89. The Labute approximate surface area is 103 Å². The highest BCUT2D eigenvalue weighted by atomic mass is 32.2. The highest BCUT2D eigenvalue weighted by Crippen LogP contribution is 2.42. The lowest BCUT2D eigenvalue weighted by Gasteiger charge is -2.30. The smallest absolute Gasteiger partial charge is 0.376 e. The van der Waals surface area contributed by atoms with Gasteiger partial charge in [-0.15, -0.1) is 0 Å². The number of hydrogen-bond acceptors (Lipinski definition) is 2. The first kappa shape index (κ1) is 14.4. The van der Waals surface area contributed by atoms with Crippen LogP contribution in [0.1, 0.15) is 18.9 Å². The molecule has 0 bridgehead atoms. The van der Waals surface area contributed by atoms with Gasteiger partial charge in [0.25, 0.3) is 0 Å². The third-order valence-corrected chi connectivity index (χ3v) is 3.43. The van der Waals surface area contributed by atoms with Gasteiger partial charge in [-0.1, -0.05) is 37.3 Å². The lowest BCUT2D eigenvalue weighted by atomic mass is 9.90. The average molecular weight is 264 g/mol. The Morgan fingerprint density at radius 2 is 1.76 bits per heavy atom. The summed E-state index contributed by atoms with van der Waals surface area (Å²) in [6.07, 6.45) is -4.97. The number of thioether (sulfide) groups is 1. The fourth-order valence-corrected chi connectivity index (χ4v) is 2.26. The third-order valence-electron chi connectivity index (χ3n) is 2.53. The molecule has 0 spiro atoms. The van der Waals surface area contributed by atoms with Gasteiger partial charge in [0.2, 0.25) is 0 Å². The van der Waals surface area contributed by atoms with Gasteiger partial charge in [-0.2, -0.15) is 24.9 Å². The summed E-state index contributed by atoms with van der Waals surface area (Å²) in [5, 5.41) is 9.91. The first-order chi connectivity index (χ1) is 7.92. The van der Waals surface area contributed by atoms with Crippen molar-refractivity contribution in [2.24, 2.45) is 0 Å². The van der Waals surface area contributed by atoms with Crippen molar-refractivity contribution in [3.05, 3.63) is 35.9 Å². The molecular weight excluding hydrogens is 249 g/mol. The SMILES string of the molecule is CCSCCC(O)(c1ccccc1)C(F)(F)F. The monoisotopic (exact) mass is 264 g/mol. The lowest BCUT2D eigenvalue weighted by Crippen LogP contribution is -2.42. The zero-order valence-corrected chi connectivity index (χ0v) is 10.3. The molecule has 0 fully saturated rings. The molecule has 0 radical (unpaired) electrons. The third kappa shape index (κ3) is 3.39. The van der Waals surface area contributed by atoms with Crippen LogP contribution in [-0.2, 0) is 5.60 Å². The molecule has 1 aromatic rings. The molecule has 1 N–H and O–H groups in total. The van der Waals surface area contributed by atoms with Gasteiger partial charge in [0.05, 0.1) is 0 Å². The molecule has 0 saturated carbocycles. The van der Waals surface area contributed by atoms with Crippen LogP contribution in [-0.4, -0.2) is 22.8 Å². The van der Waals surface area contributed by atoms with Crippen molar-refractivity contribution in [2.75, 3.05) is 11.5 Å². The van der Waals surface area contributed by atoms with E-state index in [4.69, 9.17) is 0 Å². The topological polar surface area (TPSA) is 20.2 Å². The summed E-state index contributed by atoms with van der Waals surface area (Å²) < 4.78 is 38.9. The molecule has 0 saturated heterocycles. The number of alkyl halides is 3. The summed E-state index contributed by atoms with van der Waals surface area (Å²) in [5.74, 6) is 1.02. The van der Waals surface area contributed by atoms with Gasteiger partial charge in [-0.25, -0.2) is 0 Å². The minimum Gasteiger partial charge on any atom is -0.376 e. The van der Waals surface area contributed by atoms with E-state index in [-0.39, 0.29) is 17.7 Å². The molecule has 0 aliphatic rings. The maximum absolute atomic E-state index is 13.0. The number of rotatable bonds is 5. The second-order valence-electron chi connectivity index (χ2n) is 3.67. The molecule has 0 aliphatic carbocycles. The van der Waals surface area contributed by atoms with Gasteiger partial charge in [-0.3, -0.25) is 0 Å². The van der Waals surface area contributed by atoms with Crippen molar-refractivity contribution in [1.29, 1.82) is 0 Å². The van der Waals surface area contributed by atoms with Gasteiger partial charge >= 0.3 is 6.18 Å². The van der Waals surface area contributed by atoms with Crippen molar-refractivity contribution >= 4 is 11.8 Å². The summed E-state index contributed by atoms with van der Waals surface area (Å²) in [4.78, 5) is 0. The first-order valence-electron chi connectivity index (χ1n) is 5.34. The Morgan fingerprint density at radius 3 is 2.24 bits per heavy atom. The molecule has 1 atom stereocenters. The number of halogens is 3. The second-order valence-corrected chi connectivity index (χ2v) is 5.06. The van der Waals surface area contributed by atoms with Crippen molar-refractivity contribution < 1.29 is 18.3 Å². The molecule has 96 valence electrons. The fourth-order valence-electron chi connectivity index (χ4n) is 1.53. The summed E-state index contributed by atoms with van der Waals surface area (Å²) in [6, 6.07) is 7.24. The first-order valence-corrected chi connectivity index (χ1v) is 6.49. The van der Waals surface area contributed by atoms with Gasteiger partial charge < -0.3 is 5.11 Å². The standard InChI is InChI=1S/C12H15F3OS/c1-2-17-9-8-11(16,12(13,14)15)10-6-4-3-5-7-10/h3-7,16H,2,8-9H2,1H3. The average Bonchev–Trinajstić information content (AvgIpc) is 2.29. The molecule has 1 unspecified atom stereocenters. The fraction of sp³-hybridized carbons (Fsp3) is 0.500. The minimum absolute atomic E-state index is 0.0933. The molecule has 0 heterocycles. The van der Waals surface area contributed by atoms with Crippen LogP contribution in [0.3, 0.4) is 0 Å². The van der Waals surface area contributed by atoms with E-state index in [1.165, 1.54) is 36.0 Å². The maximum atomic E-state index is 13.0. The van der Waals surface area contributed by atoms with Crippen LogP contribution < -0.4 is 0 Å². The van der Waals surface area contributed by atoms with Gasteiger partial charge in [0.1, 0.15) is 0 Å². The van der Waals surface area contributed by atoms with Crippen LogP contribution >= 0.6 is 11.8 Å². The molecule has 0 aliphatic heterocycles. The van der Waals surface area contributed by atoms with Crippen LogP contribution in [0.2, 0.25) is 0 Å². The van der Waals surface area contributed by atoms with E-state index in [0.717, 1.165) is 5.75 Å². The van der Waals surface area contributed by atoms with Crippen LogP contribution in [0, 0.1) is 0 Å². The summed E-state index contributed by atoms with van der Waals surface area (Å²) in [6.45, 7) is 1.87.